The Kier molecular flexibility index (Phi) is 3.73. The van der Waals surface area contributed by atoms with Gasteiger partial charge in [-0.05, 0) is 31.2 Å². The Balaban J connectivity index is 1.57. The van der Waals surface area contributed by atoms with E-state index in [-0.39, 0.29) is 10.7 Å². The molecule has 0 spiro atoms. The molecule has 0 radical (unpaired) electrons. The van der Waals surface area contributed by atoms with Gasteiger partial charge in [-0.15, -0.1) is 0 Å². The number of imidazole rings is 1. The number of aliphatic imine (C=N–C) groups is 1. The summed E-state index contributed by atoms with van der Waals surface area (Å²) >= 11 is 0. The van der Waals surface area contributed by atoms with Crippen molar-refractivity contribution in [3.05, 3.63) is 54.1 Å². The number of carbonyl (C=O) groups excluding carboxylic acids is 1. The molecule has 2 heterocycles. The van der Waals surface area contributed by atoms with Gasteiger partial charge in [0.05, 0.1) is 15.9 Å². The van der Waals surface area contributed by atoms with E-state index < -0.39 is 22.0 Å². The quantitative estimate of drug-likeness (QED) is 0.650. The van der Waals surface area contributed by atoms with Crippen LogP contribution in [0.1, 0.15) is 12.5 Å². The van der Waals surface area contributed by atoms with Crippen LogP contribution < -0.4 is 10.0 Å². The molecule has 0 unspecified atom stereocenters. The third kappa shape index (κ3) is 2.82. The van der Waals surface area contributed by atoms with Crippen molar-refractivity contribution in [3.63, 3.8) is 0 Å². The maximum absolute atomic E-state index is 12.4. The molecule has 132 valence electrons. The lowest BCUT2D eigenvalue weighted by molar-refractivity contribution is -0.117. The van der Waals surface area contributed by atoms with Gasteiger partial charge >= 0.3 is 0 Å². The highest BCUT2D eigenvalue weighted by atomic mass is 32.2. The Morgan fingerprint density at radius 2 is 1.88 bits per heavy atom. The molecule has 4 rings (SSSR count). The molecule has 3 aromatic rings. The Morgan fingerprint density at radius 1 is 1.15 bits per heavy atom. The minimum absolute atomic E-state index is 0.156. The molecule has 26 heavy (non-hydrogen) atoms. The normalized spacial score (nSPS) is 17.7. The molecular weight excluding hydrogens is 354 g/mol. The van der Waals surface area contributed by atoms with E-state index in [4.69, 9.17) is 0 Å². The number of rotatable bonds is 3. The number of H-pyrrole nitrogens is 1. The van der Waals surface area contributed by atoms with Crippen molar-refractivity contribution in [2.75, 3.05) is 5.32 Å². The second-order valence-corrected chi connectivity index (χ2v) is 7.50. The molecule has 3 N–H and O–H groups in total. The topological polar surface area (TPSA) is 116 Å². The lowest BCUT2D eigenvalue weighted by Gasteiger charge is -2.07. The van der Waals surface area contributed by atoms with Crippen LogP contribution in [-0.2, 0) is 14.8 Å². The highest BCUT2D eigenvalue weighted by Gasteiger charge is 2.31. The van der Waals surface area contributed by atoms with Crippen molar-refractivity contribution in [2.45, 2.75) is 17.9 Å². The number of fused-ring (bicyclic) bond motifs is 2. The zero-order chi connectivity index (χ0) is 18.3. The fraction of sp³-hybridized carbons (Fsp3) is 0.118. The van der Waals surface area contributed by atoms with E-state index in [1.54, 1.807) is 25.1 Å². The number of carbonyl (C=O) groups is 1. The van der Waals surface area contributed by atoms with Crippen LogP contribution in [0.5, 0.6) is 0 Å². The number of hydrogen-bond acceptors (Lipinski definition) is 5. The summed E-state index contributed by atoms with van der Waals surface area (Å²) in [7, 11) is -3.63. The van der Waals surface area contributed by atoms with Crippen LogP contribution >= 0.6 is 0 Å². The minimum atomic E-state index is -3.63. The van der Waals surface area contributed by atoms with Crippen LogP contribution in [0, 0.1) is 0 Å². The van der Waals surface area contributed by atoms with E-state index >= 15 is 0 Å². The first-order chi connectivity index (χ1) is 12.4. The molecular formula is C17H15N5O3S. The molecule has 0 saturated heterocycles. The molecule has 1 atom stereocenters. The summed E-state index contributed by atoms with van der Waals surface area (Å²) in [5.41, 5.74) is 1.99. The largest absolute Gasteiger partial charge is 0.324 e. The van der Waals surface area contributed by atoms with Gasteiger partial charge in [0.15, 0.2) is 0 Å². The maximum atomic E-state index is 12.4. The first kappa shape index (κ1) is 16.3. The van der Waals surface area contributed by atoms with Gasteiger partial charge in [-0.1, -0.05) is 24.3 Å². The fourth-order valence-electron chi connectivity index (χ4n) is 2.72. The standard InChI is InChI=1S/C17H15N5O3S/c1-10(16(23)21-17-19-12-7-3-4-8-13(12)20-17)18-15-11-6-2-5-9-14(11)26(24,25)22-15/h2-10H,1H3,(H,18,22)(H2,19,20,21,23)/t10-/m0/s1. The number of amides is 1. The summed E-state index contributed by atoms with van der Waals surface area (Å²) in [5.74, 6) is 0.0728. The first-order valence-electron chi connectivity index (χ1n) is 7.90. The summed E-state index contributed by atoms with van der Waals surface area (Å²) in [6.07, 6.45) is 0. The molecule has 1 aromatic heterocycles. The average molecular weight is 369 g/mol. The third-order valence-corrected chi connectivity index (χ3v) is 5.39. The number of aromatic nitrogens is 2. The number of aromatic amines is 1. The predicted molar refractivity (Wildman–Crippen MR) is 97.5 cm³/mol. The van der Waals surface area contributed by atoms with E-state index in [2.05, 4.69) is 25.0 Å². The Morgan fingerprint density at radius 3 is 2.69 bits per heavy atom. The van der Waals surface area contributed by atoms with Gasteiger partial charge in [-0.2, -0.15) is 0 Å². The highest BCUT2D eigenvalue weighted by Crippen LogP contribution is 2.22. The maximum Gasteiger partial charge on any atom is 0.263 e. The van der Waals surface area contributed by atoms with Crippen LogP contribution in [0.25, 0.3) is 11.0 Å². The Hall–Kier alpha value is -3.20. The van der Waals surface area contributed by atoms with Gasteiger partial charge < -0.3 is 4.98 Å². The summed E-state index contributed by atoms with van der Waals surface area (Å²) in [5, 5.41) is 2.66. The van der Waals surface area contributed by atoms with E-state index in [1.807, 2.05) is 24.3 Å². The van der Waals surface area contributed by atoms with Crippen molar-refractivity contribution in [1.29, 1.82) is 0 Å². The van der Waals surface area contributed by atoms with E-state index in [0.29, 0.717) is 11.5 Å². The molecule has 0 saturated carbocycles. The molecule has 0 bridgehead atoms. The predicted octanol–water partition coefficient (Wildman–Crippen LogP) is 1.63. The van der Waals surface area contributed by atoms with Gasteiger partial charge in [-0.25, -0.2) is 13.4 Å². The lowest BCUT2D eigenvalue weighted by atomic mass is 10.2. The van der Waals surface area contributed by atoms with Crippen LogP contribution in [0.15, 0.2) is 58.4 Å². The number of para-hydroxylation sites is 2. The Bertz CT molecular complexity index is 1120. The number of benzene rings is 2. The summed E-state index contributed by atoms with van der Waals surface area (Å²) < 4.78 is 26.6. The van der Waals surface area contributed by atoms with E-state index in [0.717, 1.165) is 11.0 Å². The monoisotopic (exact) mass is 369 g/mol. The van der Waals surface area contributed by atoms with Gasteiger partial charge in [0, 0.05) is 5.56 Å². The number of nitrogens with zero attached hydrogens (tertiary/aromatic N) is 2. The van der Waals surface area contributed by atoms with Crippen molar-refractivity contribution >= 4 is 38.7 Å². The zero-order valence-electron chi connectivity index (χ0n) is 13.7. The molecule has 9 heteroatoms. The van der Waals surface area contributed by atoms with Crippen molar-refractivity contribution in [3.8, 4) is 0 Å². The molecule has 1 aliphatic heterocycles. The summed E-state index contributed by atoms with van der Waals surface area (Å²) in [4.78, 5) is 24.1. The average Bonchev–Trinajstić information content (AvgIpc) is 3.13. The molecule has 2 aromatic carbocycles. The SMILES string of the molecule is C[C@H](N=C1NS(=O)(=O)c2ccccc21)C(=O)Nc1nc2ccccc2[nH]1. The van der Waals surface area contributed by atoms with Crippen LogP contribution in [0.2, 0.25) is 0 Å². The first-order valence-corrected chi connectivity index (χ1v) is 9.38. The van der Waals surface area contributed by atoms with Crippen molar-refractivity contribution in [2.24, 2.45) is 4.99 Å². The fourth-order valence-corrected chi connectivity index (χ4v) is 3.95. The molecule has 8 nitrogen and oxygen atoms in total. The van der Waals surface area contributed by atoms with Gasteiger partial charge in [-0.3, -0.25) is 19.8 Å². The molecule has 1 aliphatic rings. The smallest absolute Gasteiger partial charge is 0.263 e. The number of amidine groups is 1. The van der Waals surface area contributed by atoms with Crippen LogP contribution in [0.3, 0.4) is 0 Å². The van der Waals surface area contributed by atoms with Gasteiger partial charge in [0.1, 0.15) is 11.9 Å². The van der Waals surface area contributed by atoms with E-state index in [1.165, 1.54) is 6.07 Å². The summed E-state index contributed by atoms with van der Waals surface area (Å²) in [6.45, 7) is 1.58. The minimum Gasteiger partial charge on any atom is -0.324 e. The highest BCUT2D eigenvalue weighted by molar-refractivity contribution is 7.90. The molecule has 1 amide bonds. The van der Waals surface area contributed by atoms with E-state index in [9.17, 15) is 13.2 Å². The van der Waals surface area contributed by atoms with Crippen molar-refractivity contribution < 1.29 is 13.2 Å². The zero-order valence-corrected chi connectivity index (χ0v) is 14.5. The van der Waals surface area contributed by atoms with Gasteiger partial charge in [0.2, 0.25) is 5.95 Å². The van der Waals surface area contributed by atoms with Crippen molar-refractivity contribution in [1.82, 2.24) is 14.7 Å². The third-order valence-electron chi connectivity index (χ3n) is 4.00. The van der Waals surface area contributed by atoms with Gasteiger partial charge in [0.25, 0.3) is 15.9 Å². The molecule has 0 aliphatic carbocycles. The summed E-state index contributed by atoms with van der Waals surface area (Å²) in [6, 6.07) is 13.1. The lowest BCUT2D eigenvalue weighted by Crippen LogP contribution is -2.29. The number of anilines is 1. The second-order valence-electron chi connectivity index (χ2n) is 5.85. The number of nitrogens with one attached hydrogen (secondary N) is 3. The second kappa shape index (κ2) is 5.95. The Labute approximate surface area is 149 Å². The van der Waals surface area contributed by atoms with Crippen LogP contribution in [0.4, 0.5) is 5.95 Å². The number of sulfonamides is 1. The molecule has 0 fully saturated rings. The van der Waals surface area contributed by atoms with Crippen LogP contribution in [-0.4, -0.2) is 36.2 Å². The number of hydrogen-bond donors (Lipinski definition) is 3.